The predicted molar refractivity (Wildman–Crippen MR) is 81.2 cm³/mol. The first-order chi connectivity index (χ1) is 9.31. The molecule has 0 fully saturated rings. The molecule has 1 N–H and O–H groups in total. The molecule has 0 radical (unpaired) electrons. The number of fused-ring (bicyclic) bond motifs is 1. The van der Waals surface area contributed by atoms with Crippen molar-refractivity contribution in [1.82, 2.24) is 4.98 Å². The van der Waals surface area contributed by atoms with E-state index in [0.717, 1.165) is 17.1 Å². The number of nitrogens with zero attached hydrogens (tertiary/aromatic N) is 2. The normalized spacial score (nSPS) is 14.6. The van der Waals surface area contributed by atoms with Crippen LogP contribution in [0.1, 0.15) is 34.5 Å². The van der Waals surface area contributed by atoms with Gasteiger partial charge in [0.2, 0.25) is 5.13 Å². The molecule has 0 unspecified atom stereocenters. The minimum Gasteiger partial charge on any atom is -0.253 e. The minimum absolute atomic E-state index is 0.913. The first kappa shape index (κ1) is 12.4. The molecule has 1 heterocycles. The van der Waals surface area contributed by atoms with Crippen molar-refractivity contribution >= 4 is 22.7 Å². The Morgan fingerprint density at radius 1 is 1.32 bits per heavy atom. The largest absolute Gasteiger partial charge is 0.253 e. The van der Waals surface area contributed by atoms with E-state index in [4.69, 9.17) is 0 Å². The Kier molecular flexibility index (Phi) is 3.60. The maximum absolute atomic E-state index is 4.59. The lowest BCUT2D eigenvalue weighted by Gasteiger charge is -2.06. The van der Waals surface area contributed by atoms with Gasteiger partial charge in [-0.3, -0.25) is 5.43 Å². The molecular weight excluding hydrogens is 254 g/mol. The maximum Gasteiger partial charge on any atom is 0.203 e. The van der Waals surface area contributed by atoms with Crippen molar-refractivity contribution in [3.05, 3.63) is 46.0 Å². The Hall–Kier alpha value is -1.68. The van der Waals surface area contributed by atoms with Crippen LogP contribution in [0.2, 0.25) is 0 Å². The van der Waals surface area contributed by atoms with E-state index in [1.807, 2.05) is 18.3 Å². The van der Waals surface area contributed by atoms with Crippen molar-refractivity contribution in [1.29, 1.82) is 0 Å². The fourth-order valence-corrected chi connectivity index (χ4v) is 3.31. The van der Waals surface area contributed by atoms with Crippen LogP contribution in [0.5, 0.6) is 0 Å². The zero-order valence-electron chi connectivity index (χ0n) is 11.0. The number of aryl methyl sites for hydroxylation is 3. The third kappa shape index (κ3) is 3.01. The highest BCUT2D eigenvalue weighted by Crippen LogP contribution is 2.29. The average molecular weight is 271 g/mol. The summed E-state index contributed by atoms with van der Waals surface area (Å²) in [6.07, 6.45) is 6.70. The Morgan fingerprint density at radius 2 is 2.21 bits per heavy atom. The summed E-state index contributed by atoms with van der Waals surface area (Å²) in [5.74, 6) is 0. The quantitative estimate of drug-likeness (QED) is 0.681. The summed E-state index contributed by atoms with van der Waals surface area (Å²) in [7, 11) is 0. The summed E-state index contributed by atoms with van der Waals surface area (Å²) in [5.41, 5.74) is 6.66. The Balaban J connectivity index is 1.67. The third-order valence-corrected chi connectivity index (χ3v) is 4.32. The number of aromatic nitrogens is 1. The fraction of sp³-hybridized carbons (Fsp3) is 0.333. The van der Waals surface area contributed by atoms with Crippen LogP contribution in [0.4, 0.5) is 5.13 Å². The maximum atomic E-state index is 4.59. The van der Waals surface area contributed by atoms with Gasteiger partial charge in [-0.2, -0.15) is 5.10 Å². The van der Waals surface area contributed by atoms with Gasteiger partial charge in [-0.05, 0) is 38.2 Å². The van der Waals surface area contributed by atoms with Gasteiger partial charge in [0.25, 0.3) is 0 Å². The van der Waals surface area contributed by atoms with Crippen LogP contribution >= 0.6 is 11.3 Å². The van der Waals surface area contributed by atoms with Crippen LogP contribution in [0.25, 0.3) is 0 Å². The highest BCUT2D eigenvalue weighted by atomic mass is 32.1. The second-order valence-corrected chi connectivity index (χ2v) is 5.96. The lowest BCUT2D eigenvalue weighted by Crippen LogP contribution is -1.99. The molecule has 3 rings (SSSR count). The van der Waals surface area contributed by atoms with E-state index in [1.165, 1.54) is 35.4 Å². The van der Waals surface area contributed by atoms with Gasteiger partial charge in [0.1, 0.15) is 0 Å². The van der Waals surface area contributed by atoms with Crippen LogP contribution in [0, 0.1) is 6.92 Å². The number of nitrogens with one attached hydrogen (secondary N) is 1. The molecule has 0 spiro atoms. The fourth-order valence-electron chi connectivity index (χ4n) is 2.31. The number of hydrogen-bond acceptors (Lipinski definition) is 4. The lowest BCUT2D eigenvalue weighted by molar-refractivity contribution is 0.682. The molecule has 0 atom stereocenters. The van der Waals surface area contributed by atoms with E-state index >= 15 is 0 Å². The van der Waals surface area contributed by atoms with E-state index in [-0.39, 0.29) is 0 Å². The van der Waals surface area contributed by atoms with Crippen molar-refractivity contribution in [2.45, 2.75) is 32.6 Å². The number of thiazole rings is 1. The number of hydrazone groups is 1. The monoisotopic (exact) mass is 271 g/mol. The lowest BCUT2D eigenvalue weighted by atomic mass is 10.0. The standard InChI is InChI=1S/C15H17N3S/c1-11-5-4-6-12(9-11)10-16-18-15-17-13-7-2-3-8-14(13)19-15/h4-6,9-10H,2-3,7-8H2,1H3,(H,17,18)/b16-10-. The van der Waals surface area contributed by atoms with Gasteiger partial charge in [-0.15, -0.1) is 11.3 Å². The van der Waals surface area contributed by atoms with Crippen molar-refractivity contribution < 1.29 is 0 Å². The van der Waals surface area contributed by atoms with Crippen LogP contribution in [-0.2, 0) is 12.8 Å². The summed E-state index contributed by atoms with van der Waals surface area (Å²) in [6, 6.07) is 8.28. The van der Waals surface area contributed by atoms with E-state index in [1.54, 1.807) is 11.3 Å². The summed E-state index contributed by atoms with van der Waals surface area (Å²) in [4.78, 5) is 6.02. The van der Waals surface area contributed by atoms with E-state index in [2.05, 4.69) is 34.6 Å². The molecule has 19 heavy (non-hydrogen) atoms. The topological polar surface area (TPSA) is 37.3 Å². The highest BCUT2D eigenvalue weighted by molar-refractivity contribution is 7.15. The van der Waals surface area contributed by atoms with Crippen molar-refractivity contribution in [3.63, 3.8) is 0 Å². The van der Waals surface area contributed by atoms with E-state index in [0.29, 0.717) is 0 Å². The highest BCUT2D eigenvalue weighted by Gasteiger charge is 2.14. The van der Waals surface area contributed by atoms with Gasteiger partial charge in [-0.1, -0.05) is 29.8 Å². The second-order valence-electron chi connectivity index (χ2n) is 4.88. The van der Waals surface area contributed by atoms with Gasteiger partial charge in [0.05, 0.1) is 11.9 Å². The molecule has 0 amide bonds. The first-order valence-corrected chi connectivity index (χ1v) is 7.47. The number of benzene rings is 1. The van der Waals surface area contributed by atoms with Crippen molar-refractivity contribution in [2.24, 2.45) is 5.10 Å². The van der Waals surface area contributed by atoms with Gasteiger partial charge < -0.3 is 0 Å². The molecule has 1 aliphatic rings. The predicted octanol–water partition coefficient (Wildman–Crippen LogP) is 3.78. The summed E-state index contributed by atoms with van der Waals surface area (Å²) in [5, 5.41) is 5.18. The summed E-state index contributed by atoms with van der Waals surface area (Å²) in [6.45, 7) is 2.08. The van der Waals surface area contributed by atoms with Gasteiger partial charge in [0.15, 0.2) is 0 Å². The van der Waals surface area contributed by atoms with Gasteiger partial charge >= 0.3 is 0 Å². The van der Waals surface area contributed by atoms with E-state index < -0.39 is 0 Å². The molecule has 2 aromatic rings. The molecule has 1 aliphatic carbocycles. The van der Waals surface area contributed by atoms with Crippen LogP contribution in [-0.4, -0.2) is 11.2 Å². The van der Waals surface area contributed by atoms with E-state index in [9.17, 15) is 0 Å². The second kappa shape index (κ2) is 5.53. The van der Waals surface area contributed by atoms with Crippen LogP contribution in [0.15, 0.2) is 29.4 Å². The molecule has 0 saturated heterocycles. The minimum atomic E-state index is 0.913. The smallest absolute Gasteiger partial charge is 0.203 e. The van der Waals surface area contributed by atoms with Crippen molar-refractivity contribution in [2.75, 3.05) is 5.43 Å². The molecule has 0 bridgehead atoms. The van der Waals surface area contributed by atoms with Crippen molar-refractivity contribution in [3.8, 4) is 0 Å². The zero-order valence-corrected chi connectivity index (χ0v) is 11.8. The Labute approximate surface area is 117 Å². The molecule has 1 aromatic heterocycles. The summed E-state index contributed by atoms with van der Waals surface area (Å²) < 4.78 is 0. The van der Waals surface area contributed by atoms with Gasteiger partial charge in [0, 0.05) is 4.88 Å². The van der Waals surface area contributed by atoms with Crippen LogP contribution in [0.3, 0.4) is 0 Å². The molecule has 1 aromatic carbocycles. The number of rotatable bonds is 3. The number of anilines is 1. The molecule has 98 valence electrons. The first-order valence-electron chi connectivity index (χ1n) is 6.65. The number of hydrogen-bond donors (Lipinski definition) is 1. The molecule has 0 saturated carbocycles. The van der Waals surface area contributed by atoms with Gasteiger partial charge in [-0.25, -0.2) is 4.98 Å². The molecule has 0 aliphatic heterocycles. The molecular formula is C15H17N3S. The molecule has 4 heteroatoms. The third-order valence-electron chi connectivity index (χ3n) is 3.26. The SMILES string of the molecule is Cc1cccc(/C=N\Nc2nc3c(s2)CCCC3)c1. The summed E-state index contributed by atoms with van der Waals surface area (Å²) >= 11 is 1.74. The average Bonchev–Trinajstić information content (AvgIpc) is 2.81. The molecule has 3 nitrogen and oxygen atoms in total. The van der Waals surface area contributed by atoms with Crippen LogP contribution < -0.4 is 5.43 Å². The Morgan fingerprint density at radius 3 is 3.05 bits per heavy atom. The zero-order chi connectivity index (χ0) is 13.1. The Bertz CT molecular complexity index is 578.